The monoisotopic (exact) mass is 505 g/mol. The molecule has 2 heterocycles. The van der Waals surface area contributed by atoms with Crippen LogP contribution < -0.4 is 5.32 Å². The highest BCUT2D eigenvalue weighted by Gasteiger charge is 2.37. The summed E-state index contributed by atoms with van der Waals surface area (Å²) < 4.78 is 4.70. The smallest absolute Gasteiger partial charge is 0.407 e. The summed E-state index contributed by atoms with van der Waals surface area (Å²) in [6, 6.07) is 11.6. The second kappa shape index (κ2) is 10.8. The number of aromatic nitrogens is 2. The van der Waals surface area contributed by atoms with E-state index in [1.54, 1.807) is 23.2 Å². The fourth-order valence-corrected chi connectivity index (χ4v) is 4.80. The van der Waals surface area contributed by atoms with Gasteiger partial charge in [-0.25, -0.2) is 9.78 Å². The average Bonchev–Trinajstić information content (AvgIpc) is 3.56. The van der Waals surface area contributed by atoms with E-state index in [-0.39, 0.29) is 28.5 Å². The second-order valence-electron chi connectivity index (χ2n) is 9.53. The molecule has 194 valence electrons. The zero-order chi connectivity index (χ0) is 26.7. The third-order valence-electron chi connectivity index (χ3n) is 6.78. The van der Waals surface area contributed by atoms with Crippen LogP contribution in [0.3, 0.4) is 0 Å². The third-order valence-corrected chi connectivity index (χ3v) is 6.78. The summed E-state index contributed by atoms with van der Waals surface area (Å²) in [5.74, 6) is 0.329. The summed E-state index contributed by atoms with van der Waals surface area (Å²) in [5.41, 5.74) is 3.75. The quantitative estimate of drug-likeness (QED) is 0.343. The maximum Gasteiger partial charge on any atom is 0.407 e. The predicted molar refractivity (Wildman–Crippen MR) is 139 cm³/mol. The van der Waals surface area contributed by atoms with Gasteiger partial charge in [0.25, 0.3) is 5.69 Å². The van der Waals surface area contributed by atoms with Gasteiger partial charge in [0.15, 0.2) is 0 Å². The first-order valence-corrected chi connectivity index (χ1v) is 12.3. The molecule has 1 fully saturated rings. The summed E-state index contributed by atoms with van der Waals surface area (Å²) in [6.07, 6.45) is 2.58. The van der Waals surface area contributed by atoms with Gasteiger partial charge in [-0.3, -0.25) is 14.9 Å². The number of hydrogen-bond donors (Lipinski definition) is 2. The molecule has 3 aromatic rings. The summed E-state index contributed by atoms with van der Waals surface area (Å²) in [7, 11) is 1.27. The van der Waals surface area contributed by atoms with E-state index >= 15 is 0 Å². The van der Waals surface area contributed by atoms with Gasteiger partial charge in [-0.05, 0) is 48.9 Å². The fourth-order valence-electron chi connectivity index (χ4n) is 4.80. The van der Waals surface area contributed by atoms with Gasteiger partial charge in [0.1, 0.15) is 11.9 Å². The van der Waals surface area contributed by atoms with Crippen molar-refractivity contribution in [3.05, 3.63) is 70.2 Å². The number of aryl methyl sites for hydroxylation is 1. The topological polar surface area (TPSA) is 130 Å². The van der Waals surface area contributed by atoms with Crippen molar-refractivity contribution in [1.29, 1.82) is 0 Å². The number of carbonyl (C=O) groups is 2. The molecule has 0 unspecified atom stereocenters. The maximum atomic E-state index is 13.4. The Morgan fingerprint density at radius 2 is 1.97 bits per heavy atom. The molecule has 10 nitrogen and oxygen atoms in total. The highest BCUT2D eigenvalue weighted by molar-refractivity contribution is 5.86. The summed E-state index contributed by atoms with van der Waals surface area (Å²) in [4.78, 5) is 46.2. The van der Waals surface area contributed by atoms with Crippen LogP contribution >= 0.6 is 0 Å². The number of likely N-dealkylation sites (tertiary alicyclic amines) is 1. The third kappa shape index (κ3) is 5.32. The van der Waals surface area contributed by atoms with E-state index in [9.17, 15) is 19.7 Å². The van der Waals surface area contributed by atoms with E-state index in [1.807, 2.05) is 45.0 Å². The SMILES string of the molecule is COC(=O)N[C@H](C(=O)N1CCC[C@H]1c1ncc(-c2ccc([N+](=O)[O-])c(-c3ccccc3C)c2)[nH]1)C(C)C. The van der Waals surface area contributed by atoms with Gasteiger partial charge in [0, 0.05) is 18.2 Å². The van der Waals surface area contributed by atoms with Crippen LogP contribution in [-0.2, 0) is 9.53 Å². The molecule has 2 N–H and O–H groups in total. The summed E-state index contributed by atoms with van der Waals surface area (Å²) in [6.45, 7) is 6.22. The van der Waals surface area contributed by atoms with Crippen LogP contribution in [0.15, 0.2) is 48.7 Å². The number of imidazole rings is 1. The lowest BCUT2D eigenvalue weighted by Crippen LogP contribution is -2.51. The van der Waals surface area contributed by atoms with Crippen LogP contribution in [0.25, 0.3) is 22.4 Å². The first-order valence-electron chi connectivity index (χ1n) is 12.3. The maximum absolute atomic E-state index is 13.4. The van der Waals surface area contributed by atoms with Crippen molar-refractivity contribution in [3.63, 3.8) is 0 Å². The van der Waals surface area contributed by atoms with Gasteiger partial charge in [-0.1, -0.05) is 38.1 Å². The van der Waals surface area contributed by atoms with E-state index in [4.69, 9.17) is 4.74 Å². The van der Waals surface area contributed by atoms with E-state index in [1.165, 1.54) is 13.2 Å². The average molecular weight is 506 g/mol. The molecule has 2 amide bonds. The van der Waals surface area contributed by atoms with Crippen LogP contribution in [0.4, 0.5) is 10.5 Å². The largest absolute Gasteiger partial charge is 0.453 e. The minimum absolute atomic E-state index is 0.0307. The van der Waals surface area contributed by atoms with Gasteiger partial charge < -0.3 is 19.9 Å². The van der Waals surface area contributed by atoms with Crippen molar-refractivity contribution >= 4 is 17.7 Å². The zero-order valence-corrected chi connectivity index (χ0v) is 21.4. The van der Waals surface area contributed by atoms with Gasteiger partial charge >= 0.3 is 6.09 Å². The molecule has 0 radical (unpaired) electrons. The van der Waals surface area contributed by atoms with Crippen molar-refractivity contribution in [2.24, 2.45) is 5.92 Å². The van der Waals surface area contributed by atoms with Gasteiger partial charge in [-0.2, -0.15) is 0 Å². The standard InChI is InChI=1S/C27H31N5O5/c1-16(2)24(30-27(34)37-4)26(33)31-13-7-10-23(31)25-28-15-21(29-25)18-11-12-22(32(35)36)20(14-18)19-9-6-5-8-17(19)3/h5-6,8-9,11-12,14-16,23-24H,7,10,13H2,1-4H3,(H,28,29)(H,30,34)/t23-,24-/m0/s1. The Labute approximate surface area is 215 Å². The van der Waals surface area contributed by atoms with E-state index in [2.05, 4.69) is 15.3 Å². The van der Waals surface area contributed by atoms with Crippen LogP contribution in [0.1, 0.15) is 44.1 Å². The number of ether oxygens (including phenoxy) is 1. The fraction of sp³-hybridized carbons (Fsp3) is 0.370. The molecule has 37 heavy (non-hydrogen) atoms. The molecule has 2 atom stereocenters. The second-order valence-corrected chi connectivity index (χ2v) is 9.53. The number of methoxy groups -OCH3 is 1. The first-order chi connectivity index (χ1) is 17.7. The molecule has 1 aliphatic rings. The van der Waals surface area contributed by atoms with E-state index < -0.39 is 12.1 Å². The lowest BCUT2D eigenvalue weighted by atomic mass is 9.96. The molecule has 0 spiro atoms. The number of alkyl carbamates (subject to hydrolysis) is 1. The number of amides is 2. The first kappa shape index (κ1) is 25.9. The molecular weight excluding hydrogens is 474 g/mol. The normalized spacial score (nSPS) is 16.0. The molecular formula is C27H31N5O5. The van der Waals surface area contributed by atoms with Crippen LogP contribution in [0.5, 0.6) is 0 Å². The number of hydrogen-bond acceptors (Lipinski definition) is 6. The summed E-state index contributed by atoms with van der Waals surface area (Å²) >= 11 is 0. The molecule has 10 heteroatoms. The Balaban J connectivity index is 1.64. The Morgan fingerprint density at radius 1 is 1.22 bits per heavy atom. The predicted octanol–water partition coefficient (Wildman–Crippen LogP) is 5.00. The number of carbonyl (C=O) groups excluding carboxylic acids is 2. The Bertz CT molecular complexity index is 1320. The minimum atomic E-state index is -0.714. The number of nitrogens with one attached hydrogen (secondary N) is 2. The van der Waals surface area contributed by atoms with Crippen molar-refractivity contribution in [2.75, 3.05) is 13.7 Å². The van der Waals surface area contributed by atoms with Gasteiger partial charge in [0.2, 0.25) is 5.91 Å². The number of benzene rings is 2. The molecule has 0 saturated carbocycles. The molecule has 0 bridgehead atoms. The van der Waals surface area contributed by atoms with Gasteiger partial charge in [-0.15, -0.1) is 0 Å². The Kier molecular flexibility index (Phi) is 7.56. The van der Waals surface area contributed by atoms with Crippen LogP contribution in [0, 0.1) is 23.0 Å². The lowest BCUT2D eigenvalue weighted by molar-refractivity contribution is -0.384. The number of nitrogens with zero attached hydrogens (tertiary/aromatic N) is 3. The highest BCUT2D eigenvalue weighted by atomic mass is 16.6. The van der Waals surface area contributed by atoms with Crippen molar-refractivity contribution in [1.82, 2.24) is 20.2 Å². The number of nitro groups is 1. The lowest BCUT2D eigenvalue weighted by Gasteiger charge is -2.30. The zero-order valence-electron chi connectivity index (χ0n) is 21.4. The molecule has 1 aromatic heterocycles. The number of H-pyrrole nitrogens is 1. The minimum Gasteiger partial charge on any atom is -0.453 e. The van der Waals surface area contributed by atoms with Crippen molar-refractivity contribution in [3.8, 4) is 22.4 Å². The van der Waals surface area contributed by atoms with Crippen molar-refractivity contribution < 1.29 is 19.2 Å². The molecule has 4 rings (SSSR count). The molecule has 1 saturated heterocycles. The van der Waals surface area contributed by atoms with Gasteiger partial charge in [0.05, 0.1) is 35.5 Å². The molecule has 2 aromatic carbocycles. The number of aromatic amines is 1. The van der Waals surface area contributed by atoms with Crippen LogP contribution in [0.2, 0.25) is 0 Å². The van der Waals surface area contributed by atoms with E-state index in [0.29, 0.717) is 23.6 Å². The number of rotatable bonds is 7. The van der Waals surface area contributed by atoms with E-state index in [0.717, 1.165) is 29.5 Å². The summed E-state index contributed by atoms with van der Waals surface area (Å²) in [5, 5.41) is 14.4. The molecule has 1 aliphatic heterocycles. The molecule has 0 aliphatic carbocycles. The van der Waals surface area contributed by atoms with Crippen LogP contribution in [-0.4, -0.2) is 51.5 Å². The highest BCUT2D eigenvalue weighted by Crippen LogP contribution is 2.37. The van der Waals surface area contributed by atoms with Crippen molar-refractivity contribution in [2.45, 2.75) is 45.7 Å². The number of nitro benzene ring substituents is 1. The Morgan fingerprint density at radius 3 is 2.65 bits per heavy atom. The Hall–Kier alpha value is -4.21.